The second-order valence-electron chi connectivity index (χ2n) is 5.97. The van der Waals surface area contributed by atoms with Crippen LogP contribution in [0, 0.1) is 0 Å². The molecule has 0 unspecified atom stereocenters. The molecule has 1 amide bonds. The summed E-state index contributed by atoms with van der Waals surface area (Å²) in [5.74, 6) is 0.113. The lowest BCUT2D eigenvalue weighted by Crippen LogP contribution is -2.47. The largest absolute Gasteiger partial charge is 0.416 e. The molecule has 1 saturated heterocycles. The maximum Gasteiger partial charge on any atom is 0.416 e. The van der Waals surface area contributed by atoms with Crippen LogP contribution < -0.4 is 5.73 Å². The predicted octanol–water partition coefficient (Wildman–Crippen LogP) is 2.60. The molecule has 25 heavy (non-hydrogen) atoms. The third kappa shape index (κ3) is 3.98. The quantitative estimate of drug-likeness (QED) is 0.912. The first kappa shape index (κ1) is 17.4. The van der Waals surface area contributed by atoms with Crippen molar-refractivity contribution in [3.05, 3.63) is 35.7 Å². The number of aromatic nitrogens is 2. The van der Waals surface area contributed by atoms with E-state index in [9.17, 15) is 18.0 Å². The molecule has 2 N–H and O–H groups in total. The Morgan fingerprint density at radius 3 is 2.64 bits per heavy atom. The summed E-state index contributed by atoms with van der Waals surface area (Å²) in [6.45, 7) is 0.979. The number of rotatable bonds is 4. The van der Waals surface area contributed by atoms with E-state index >= 15 is 0 Å². The highest BCUT2D eigenvalue weighted by Crippen LogP contribution is 2.30. The average molecular weight is 354 g/mol. The summed E-state index contributed by atoms with van der Waals surface area (Å²) in [5, 5.41) is 3.80. The van der Waals surface area contributed by atoms with Crippen molar-refractivity contribution in [1.82, 2.24) is 15.0 Å². The van der Waals surface area contributed by atoms with E-state index in [1.807, 2.05) is 4.90 Å². The molecule has 134 valence electrons. The molecule has 1 aliphatic rings. The lowest BCUT2D eigenvalue weighted by atomic mass is 10.0. The highest BCUT2D eigenvalue weighted by molar-refractivity contribution is 5.79. The van der Waals surface area contributed by atoms with Gasteiger partial charge in [-0.1, -0.05) is 23.7 Å². The van der Waals surface area contributed by atoms with Crippen LogP contribution in [0.4, 0.5) is 13.2 Å². The zero-order chi connectivity index (χ0) is 18.0. The van der Waals surface area contributed by atoms with Crippen LogP contribution in [-0.2, 0) is 17.5 Å². The van der Waals surface area contributed by atoms with Gasteiger partial charge in [0.25, 0.3) is 0 Å². The molecule has 1 aliphatic heterocycles. The second kappa shape index (κ2) is 6.83. The Labute approximate surface area is 141 Å². The molecular weight excluding hydrogens is 337 g/mol. The molecule has 2 heterocycles. The Kier molecular flexibility index (Phi) is 4.76. The summed E-state index contributed by atoms with van der Waals surface area (Å²) < 4.78 is 43.0. The van der Waals surface area contributed by atoms with Crippen LogP contribution in [0.15, 0.2) is 28.8 Å². The third-order valence-electron chi connectivity index (χ3n) is 4.22. The smallest absolute Gasteiger partial charge is 0.368 e. The Hall–Kier alpha value is -2.42. The molecule has 9 heteroatoms. The first-order chi connectivity index (χ1) is 11.8. The Morgan fingerprint density at radius 1 is 1.28 bits per heavy atom. The van der Waals surface area contributed by atoms with E-state index in [-0.39, 0.29) is 24.3 Å². The molecule has 2 aromatic rings. The number of amides is 1. The maximum absolute atomic E-state index is 12.6. The minimum Gasteiger partial charge on any atom is -0.368 e. The lowest BCUT2D eigenvalue weighted by Gasteiger charge is -2.32. The van der Waals surface area contributed by atoms with Crippen molar-refractivity contribution in [2.24, 2.45) is 5.73 Å². The summed E-state index contributed by atoms with van der Waals surface area (Å²) in [6, 6.07) is 4.17. The van der Waals surface area contributed by atoms with Crippen molar-refractivity contribution in [1.29, 1.82) is 0 Å². The van der Waals surface area contributed by atoms with Crippen molar-refractivity contribution in [3.8, 4) is 11.4 Å². The number of alkyl halides is 3. The standard InChI is InChI=1S/C16H17F3N4O2/c17-16(18,19)11-6-4-10(5-7-11)15-21-13(25-22-15)9-23-8-2-1-3-12(23)14(20)24/h4-7,12H,1-3,8-9H2,(H2,20,24)/t12-/m0/s1. The summed E-state index contributed by atoms with van der Waals surface area (Å²) in [5.41, 5.74) is 5.10. The second-order valence-corrected chi connectivity index (χ2v) is 5.97. The molecule has 1 aromatic heterocycles. The van der Waals surface area contributed by atoms with Gasteiger partial charge in [0.2, 0.25) is 17.6 Å². The molecule has 0 bridgehead atoms. The van der Waals surface area contributed by atoms with Gasteiger partial charge in [-0.2, -0.15) is 18.2 Å². The minimum atomic E-state index is -4.39. The first-order valence-corrected chi connectivity index (χ1v) is 7.88. The van der Waals surface area contributed by atoms with Crippen LogP contribution in [0.1, 0.15) is 30.7 Å². The van der Waals surface area contributed by atoms with Crippen LogP contribution in [0.2, 0.25) is 0 Å². The number of hydrogen-bond acceptors (Lipinski definition) is 5. The van der Waals surface area contributed by atoms with E-state index in [1.165, 1.54) is 12.1 Å². The van der Waals surface area contributed by atoms with Gasteiger partial charge < -0.3 is 10.3 Å². The zero-order valence-electron chi connectivity index (χ0n) is 13.3. The zero-order valence-corrected chi connectivity index (χ0v) is 13.3. The predicted molar refractivity (Wildman–Crippen MR) is 82.0 cm³/mol. The number of hydrogen-bond donors (Lipinski definition) is 1. The molecule has 3 rings (SSSR count). The molecule has 1 aromatic carbocycles. The molecule has 1 fully saturated rings. The van der Waals surface area contributed by atoms with E-state index in [0.717, 1.165) is 25.0 Å². The summed E-state index contributed by atoms with van der Waals surface area (Å²) in [4.78, 5) is 17.6. The molecule has 0 spiro atoms. The number of carbonyl (C=O) groups excluding carboxylic acids is 1. The van der Waals surface area contributed by atoms with Gasteiger partial charge in [0.05, 0.1) is 18.2 Å². The van der Waals surface area contributed by atoms with Crippen molar-refractivity contribution in [2.45, 2.75) is 38.0 Å². The summed E-state index contributed by atoms with van der Waals surface area (Å²) in [6.07, 6.45) is -1.82. The van der Waals surface area contributed by atoms with Gasteiger partial charge in [-0.3, -0.25) is 9.69 Å². The van der Waals surface area contributed by atoms with Crippen molar-refractivity contribution < 1.29 is 22.5 Å². The van der Waals surface area contributed by atoms with E-state index < -0.39 is 11.7 Å². The number of likely N-dealkylation sites (tertiary alicyclic amines) is 1. The van der Waals surface area contributed by atoms with E-state index in [0.29, 0.717) is 24.4 Å². The fraction of sp³-hybridized carbons (Fsp3) is 0.438. The topological polar surface area (TPSA) is 85.3 Å². The number of carbonyl (C=O) groups is 1. The van der Waals surface area contributed by atoms with E-state index in [2.05, 4.69) is 10.1 Å². The molecule has 1 atom stereocenters. The number of benzene rings is 1. The van der Waals surface area contributed by atoms with Gasteiger partial charge in [0.1, 0.15) is 0 Å². The number of piperidine rings is 1. The average Bonchev–Trinajstić information content (AvgIpc) is 3.03. The van der Waals surface area contributed by atoms with E-state index in [4.69, 9.17) is 10.3 Å². The molecule has 0 radical (unpaired) electrons. The Balaban J connectivity index is 1.73. The third-order valence-corrected chi connectivity index (χ3v) is 4.22. The number of nitrogens with two attached hydrogens (primary N) is 1. The van der Waals surface area contributed by atoms with Crippen LogP contribution in [0.3, 0.4) is 0 Å². The normalized spacial score (nSPS) is 19.1. The SMILES string of the molecule is NC(=O)[C@@H]1CCCCN1Cc1nc(-c2ccc(C(F)(F)F)cc2)no1. The summed E-state index contributed by atoms with van der Waals surface area (Å²) in [7, 11) is 0. The van der Waals surface area contributed by atoms with Crippen LogP contribution in [0.25, 0.3) is 11.4 Å². The van der Waals surface area contributed by atoms with Crippen molar-refractivity contribution in [3.63, 3.8) is 0 Å². The van der Waals surface area contributed by atoms with Gasteiger partial charge in [0.15, 0.2) is 0 Å². The number of halogens is 3. The van der Waals surface area contributed by atoms with Crippen LogP contribution >= 0.6 is 0 Å². The summed E-state index contributed by atoms with van der Waals surface area (Å²) >= 11 is 0. The van der Waals surface area contributed by atoms with Gasteiger partial charge in [-0.25, -0.2) is 0 Å². The molecule has 0 aliphatic carbocycles. The van der Waals surface area contributed by atoms with Crippen molar-refractivity contribution in [2.75, 3.05) is 6.54 Å². The van der Waals surface area contributed by atoms with Gasteiger partial charge in [0, 0.05) is 5.56 Å². The number of primary amides is 1. The molecule has 6 nitrogen and oxygen atoms in total. The van der Waals surface area contributed by atoms with Gasteiger partial charge >= 0.3 is 6.18 Å². The highest BCUT2D eigenvalue weighted by Gasteiger charge is 2.30. The highest BCUT2D eigenvalue weighted by atomic mass is 19.4. The Bertz CT molecular complexity index is 743. The first-order valence-electron chi connectivity index (χ1n) is 7.88. The minimum absolute atomic E-state index is 0.205. The van der Waals surface area contributed by atoms with Gasteiger partial charge in [-0.05, 0) is 31.5 Å². The fourth-order valence-electron chi connectivity index (χ4n) is 2.92. The van der Waals surface area contributed by atoms with E-state index in [1.54, 1.807) is 0 Å². The molecule has 0 saturated carbocycles. The fourth-order valence-corrected chi connectivity index (χ4v) is 2.92. The van der Waals surface area contributed by atoms with Crippen molar-refractivity contribution >= 4 is 5.91 Å². The number of nitrogens with zero attached hydrogens (tertiary/aromatic N) is 3. The van der Waals surface area contributed by atoms with Gasteiger partial charge in [-0.15, -0.1) is 0 Å². The maximum atomic E-state index is 12.6. The lowest BCUT2D eigenvalue weighted by molar-refractivity contribution is -0.137. The Morgan fingerprint density at radius 2 is 2.00 bits per heavy atom. The van der Waals surface area contributed by atoms with Crippen LogP contribution in [-0.4, -0.2) is 33.5 Å². The van der Waals surface area contributed by atoms with Crippen LogP contribution in [0.5, 0.6) is 0 Å². The monoisotopic (exact) mass is 354 g/mol. The molecular formula is C16H17F3N4O2.